The van der Waals surface area contributed by atoms with Crippen LogP contribution in [-0.2, 0) is 11.2 Å². The molecule has 0 aliphatic heterocycles. The van der Waals surface area contributed by atoms with Crippen LogP contribution in [-0.4, -0.2) is 23.7 Å². The second kappa shape index (κ2) is 5.87. The molecule has 4 nitrogen and oxygen atoms in total. The summed E-state index contributed by atoms with van der Waals surface area (Å²) in [7, 11) is 0. The monoisotopic (exact) mass is 248 g/mol. The van der Waals surface area contributed by atoms with Crippen LogP contribution >= 0.6 is 0 Å². The number of aliphatic hydroxyl groups excluding tert-OH is 1. The number of carbonyl (C=O) groups excluding carboxylic acids is 1. The van der Waals surface area contributed by atoms with Gasteiger partial charge in [0.1, 0.15) is 0 Å². The Hall–Kier alpha value is -1.55. The Morgan fingerprint density at radius 3 is 2.89 bits per heavy atom. The number of anilines is 1. The molecule has 0 aromatic heterocycles. The maximum Gasteiger partial charge on any atom is 0.220 e. The van der Waals surface area contributed by atoms with E-state index in [4.69, 9.17) is 10.8 Å². The average molecular weight is 248 g/mol. The number of hydrogen-bond acceptors (Lipinski definition) is 3. The van der Waals surface area contributed by atoms with Crippen LogP contribution in [0.5, 0.6) is 0 Å². The Balaban J connectivity index is 1.65. The fourth-order valence-electron chi connectivity index (χ4n) is 2.22. The molecule has 0 spiro atoms. The standard InChI is InChI=1S/C14H20N2O2/c15-12-3-1-2-10(6-12)4-5-14(18)16-9-11-7-13(17)8-11/h1-3,6,11,13,17H,4-5,7-9,15H2,(H,16,18). The largest absolute Gasteiger partial charge is 0.399 e. The second-order valence-electron chi connectivity index (χ2n) is 5.04. The van der Waals surface area contributed by atoms with Crippen LogP contribution in [0.15, 0.2) is 24.3 Å². The fraction of sp³-hybridized carbons (Fsp3) is 0.500. The van der Waals surface area contributed by atoms with Gasteiger partial charge in [0.2, 0.25) is 5.91 Å². The zero-order chi connectivity index (χ0) is 13.0. The third kappa shape index (κ3) is 3.74. The summed E-state index contributed by atoms with van der Waals surface area (Å²) in [4.78, 5) is 11.6. The number of hydrogen-bond donors (Lipinski definition) is 3. The number of nitrogens with one attached hydrogen (secondary N) is 1. The molecule has 0 bridgehead atoms. The van der Waals surface area contributed by atoms with E-state index in [9.17, 15) is 4.79 Å². The lowest BCUT2D eigenvalue weighted by Crippen LogP contribution is -2.38. The predicted molar refractivity (Wildman–Crippen MR) is 70.9 cm³/mol. The number of rotatable bonds is 5. The van der Waals surface area contributed by atoms with Crippen molar-refractivity contribution in [2.45, 2.75) is 31.8 Å². The Kier molecular flexibility index (Phi) is 4.20. The first-order valence-electron chi connectivity index (χ1n) is 6.42. The van der Waals surface area contributed by atoms with E-state index in [1.807, 2.05) is 24.3 Å². The van der Waals surface area contributed by atoms with Crippen molar-refractivity contribution in [2.75, 3.05) is 12.3 Å². The lowest BCUT2D eigenvalue weighted by Gasteiger charge is -2.31. The molecule has 4 heteroatoms. The Morgan fingerprint density at radius 2 is 2.22 bits per heavy atom. The van der Waals surface area contributed by atoms with Gasteiger partial charge in [-0.25, -0.2) is 0 Å². The van der Waals surface area contributed by atoms with Crippen LogP contribution in [0.4, 0.5) is 5.69 Å². The summed E-state index contributed by atoms with van der Waals surface area (Å²) in [5, 5.41) is 12.0. The smallest absolute Gasteiger partial charge is 0.220 e. The maximum atomic E-state index is 11.6. The minimum absolute atomic E-state index is 0.0683. The molecule has 1 aliphatic rings. The van der Waals surface area contributed by atoms with Crippen LogP contribution in [0, 0.1) is 5.92 Å². The molecule has 2 rings (SSSR count). The van der Waals surface area contributed by atoms with E-state index in [1.165, 1.54) is 0 Å². The molecule has 1 fully saturated rings. The van der Waals surface area contributed by atoms with Gasteiger partial charge in [0.15, 0.2) is 0 Å². The third-order valence-corrected chi connectivity index (χ3v) is 3.39. The minimum Gasteiger partial charge on any atom is -0.399 e. The third-order valence-electron chi connectivity index (χ3n) is 3.39. The van der Waals surface area contributed by atoms with Crippen molar-refractivity contribution in [3.05, 3.63) is 29.8 Å². The van der Waals surface area contributed by atoms with Gasteiger partial charge in [-0.15, -0.1) is 0 Å². The number of benzene rings is 1. The van der Waals surface area contributed by atoms with E-state index in [2.05, 4.69) is 5.32 Å². The molecule has 1 aliphatic carbocycles. The molecule has 1 saturated carbocycles. The highest BCUT2D eigenvalue weighted by Gasteiger charge is 2.26. The number of nitrogens with two attached hydrogens (primary N) is 1. The molecule has 1 amide bonds. The Morgan fingerprint density at radius 1 is 1.44 bits per heavy atom. The van der Waals surface area contributed by atoms with E-state index in [1.54, 1.807) is 0 Å². The van der Waals surface area contributed by atoms with Gasteiger partial charge < -0.3 is 16.2 Å². The Bertz CT molecular complexity index is 414. The lowest BCUT2D eigenvalue weighted by atomic mass is 9.82. The Labute approximate surface area is 107 Å². The van der Waals surface area contributed by atoms with Crippen LogP contribution in [0.2, 0.25) is 0 Å². The average Bonchev–Trinajstić information content (AvgIpc) is 2.31. The van der Waals surface area contributed by atoms with E-state index >= 15 is 0 Å². The van der Waals surface area contributed by atoms with Crippen molar-refractivity contribution in [2.24, 2.45) is 5.92 Å². The summed E-state index contributed by atoms with van der Waals surface area (Å²) in [6.45, 7) is 0.687. The minimum atomic E-state index is -0.154. The second-order valence-corrected chi connectivity index (χ2v) is 5.04. The summed E-state index contributed by atoms with van der Waals surface area (Å²) in [6.07, 6.45) is 2.67. The first-order valence-corrected chi connectivity index (χ1v) is 6.42. The van der Waals surface area contributed by atoms with Crippen LogP contribution in [0.25, 0.3) is 0 Å². The summed E-state index contributed by atoms with van der Waals surface area (Å²) >= 11 is 0. The molecular formula is C14H20N2O2. The SMILES string of the molecule is Nc1cccc(CCC(=O)NCC2CC(O)C2)c1. The van der Waals surface area contributed by atoms with Crippen molar-refractivity contribution >= 4 is 11.6 Å². The molecule has 0 saturated heterocycles. The first-order chi connectivity index (χ1) is 8.63. The topological polar surface area (TPSA) is 75.4 Å². The van der Waals surface area contributed by atoms with Crippen molar-refractivity contribution in [1.29, 1.82) is 0 Å². The zero-order valence-corrected chi connectivity index (χ0v) is 10.4. The number of aryl methyl sites for hydroxylation is 1. The molecule has 1 aromatic rings. The molecule has 18 heavy (non-hydrogen) atoms. The van der Waals surface area contributed by atoms with E-state index in [0.29, 0.717) is 25.3 Å². The van der Waals surface area contributed by atoms with Gasteiger partial charge in [-0.05, 0) is 42.9 Å². The molecule has 0 heterocycles. The number of carbonyl (C=O) groups is 1. The summed E-state index contributed by atoms with van der Waals surface area (Å²) < 4.78 is 0. The fourth-order valence-corrected chi connectivity index (χ4v) is 2.22. The van der Waals surface area contributed by atoms with Crippen molar-refractivity contribution in [3.8, 4) is 0 Å². The number of amides is 1. The lowest BCUT2D eigenvalue weighted by molar-refractivity contribution is -0.121. The molecule has 1 aromatic carbocycles. The van der Waals surface area contributed by atoms with Crippen LogP contribution in [0.3, 0.4) is 0 Å². The van der Waals surface area contributed by atoms with E-state index in [-0.39, 0.29) is 12.0 Å². The van der Waals surface area contributed by atoms with Gasteiger partial charge in [-0.2, -0.15) is 0 Å². The molecular weight excluding hydrogens is 228 g/mol. The predicted octanol–water partition coefficient (Wildman–Crippen LogP) is 1.09. The van der Waals surface area contributed by atoms with Crippen molar-refractivity contribution < 1.29 is 9.90 Å². The molecule has 0 radical (unpaired) electrons. The van der Waals surface area contributed by atoms with Gasteiger partial charge in [-0.3, -0.25) is 4.79 Å². The summed E-state index contributed by atoms with van der Waals surface area (Å²) in [5.41, 5.74) is 7.50. The number of aliphatic hydroxyl groups is 1. The highest BCUT2D eigenvalue weighted by molar-refractivity contribution is 5.76. The zero-order valence-electron chi connectivity index (χ0n) is 10.4. The van der Waals surface area contributed by atoms with Crippen molar-refractivity contribution in [3.63, 3.8) is 0 Å². The van der Waals surface area contributed by atoms with E-state index < -0.39 is 0 Å². The molecule has 0 unspecified atom stereocenters. The van der Waals surface area contributed by atoms with E-state index in [0.717, 1.165) is 24.1 Å². The number of nitrogen functional groups attached to an aromatic ring is 1. The molecule has 0 atom stereocenters. The highest BCUT2D eigenvalue weighted by atomic mass is 16.3. The maximum absolute atomic E-state index is 11.6. The van der Waals surface area contributed by atoms with Gasteiger partial charge in [0.05, 0.1) is 6.10 Å². The summed E-state index contributed by atoms with van der Waals surface area (Å²) in [5.74, 6) is 0.523. The van der Waals surface area contributed by atoms with Crippen molar-refractivity contribution in [1.82, 2.24) is 5.32 Å². The highest BCUT2D eigenvalue weighted by Crippen LogP contribution is 2.26. The van der Waals surface area contributed by atoms with Gasteiger partial charge >= 0.3 is 0 Å². The summed E-state index contributed by atoms with van der Waals surface area (Å²) in [6, 6.07) is 7.62. The van der Waals surface area contributed by atoms with Gasteiger partial charge in [0, 0.05) is 18.7 Å². The van der Waals surface area contributed by atoms with Gasteiger partial charge in [-0.1, -0.05) is 12.1 Å². The quantitative estimate of drug-likeness (QED) is 0.683. The normalized spacial score (nSPS) is 22.3. The van der Waals surface area contributed by atoms with Gasteiger partial charge in [0.25, 0.3) is 0 Å². The first kappa shape index (κ1) is 12.9. The molecule has 4 N–H and O–H groups in total. The molecule has 98 valence electrons. The van der Waals surface area contributed by atoms with Crippen LogP contribution in [0.1, 0.15) is 24.8 Å². The van der Waals surface area contributed by atoms with Crippen LogP contribution < -0.4 is 11.1 Å².